The zero-order valence-electron chi connectivity index (χ0n) is 9.20. The van der Waals surface area contributed by atoms with Crippen molar-refractivity contribution in [2.24, 2.45) is 5.84 Å². The molecular weight excluding hydrogens is 241 g/mol. The van der Waals surface area contributed by atoms with Gasteiger partial charge in [-0.15, -0.1) is 0 Å². The number of thioether (sulfide) groups is 1. The summed E-state index contributed by atoms with van der Waals surface area (Å²) >= 11 is 1.80. The van der Waals surface area contributed by atoms with E-state index in [9.17, 15) is 9.18 Å². The molecule has 92 valence electrons. The van der Waals surface area contributed by atoms with Crippen molar-refractivity contribution >= 4 is 23.4 Å². The number of nitrogens with two attached hydrogens (primary N) is 1. The van der Waals surface area contributed by atoms with E-state index in [0.717, 1.165) is 17.9 Å². The van der Waals surface area contributed by atoms with Gasteiger partial charge in [0.25, 0.3) is 5.91 Å². The van der Waals surface area contributed by atoms with Crippen LogP contribution in [0, 0.1) is 5.82 Å². The molecular formula is C11H14FN3OS. The zero-order chi connectivity index (χ0) is 12.3. The van der Waals surface area contributed by atoms with E-state index < -0.39 is 5.82 Å². The maximum atomic E-state index is 13.4. The maximum absolute atomic E-state index is 13.4. The number of anilines is 1. The van der Waals surface area contributed by atoms with Gasteiger partial charge in [0.1, 0.15) is 5.82 Å². The van der Waals surface area contributed by atoms with Gasteiger partial charge >= 0.3 is 0 Å². The van der Waals surface area contributed by atoms with Crippen molar-refractivity contribution in [3.05, 3.63) is 29.6 Å². The molecule has 1 aromatic rings. The Balaban J connectivity index is 2.15. The molecule has 1 aliphatic rings. The fourth-order valence-electron chi connectivity index (χ4n) is 1.77. The van der Waals surface area contributed by atoms with Crippen LogP contribution in [0.25, 0.3) is 0 Å². The van der Waals surface area contributed by atoms with E-state index in [2.05, 4.69) is 10.7 Å². The third kappa shape index (κ3) is 2.70. The van der Waals surface area contributed by atoms with Crippen molar-refractivity contribution < 1.29 is 9.18 Å². The molecule has 4 N–H and O–H groups in total. The van der Waals surface area contributed by atoms with Gasteiger partial charge in [0.2, 0.25) is 0 Å². The molecule has 1 saturated heterocycles. The van der Waals surface area contributed by atoms with Gasteiger partial charge in [-0.2, -0.15) is 11.8 Å². The summed E-state index contributed by atoms with van der Waals surface area (Å²) in [6.07, 6.45) is 0.955. The van der Waals surface area contributed by atoms with Crippen molar-refractivity contribution in [2.75, 3.05) is 16.9 Å². The van der Waals surface area contributed by atoms with Crippen LogP contribution in [0.1, 0.15) is 16.8 Å². The molecule has 0 aromatic heterocycles. The summed E-state index contributed by atoms with van der Waals surface area (Å²) in [7, 11) is 0. The molecule has 0 bridgehead atoms. The minimum absolute atomic E-state index is 0.0376. The number of amides is 1. The molecule has 17 heavy (non-hydrogen) atoms. The molecule has 1 heterocycles. The predicted octanol–water partition coefficient (Wildman–Crippen LogP) is 1.35. The summed E-state index contributed by atoms with van der Waals surface area (Å²) in [5, 5.41) is 2.88. The molecule has 0 saturated carbocycles. The van der Waals surface area contributed by atoms with Crippen LogP contribution in [-0.4, -0.2) is 23.5 Å². The number of rotatable bonds is 3. The number of carbonyl (C=O) groups is 1. The van der Waals surface area contributed by atoms with Gasteiger partial charge in [-0.1, -0.05) is 6.07 Å². The molecule has 6 heteroatoms. The van der Waals surface area contributed by atoms with E-state index in [1.807, 2.05) is 0 Å². The van der Waals surface area contributed by atoms with E-state index in [-0.39, 0.29) is 23.2 Å². The maximum Gasteiger partial charge on any atom is 0.253 e. The standard InChI is InChI=1S/C11H14FN3OS/c12-9-3-1-2-8(10(9)15-13)11(16)14-7-4-5-17-6-7/h1-3,7,15H,4-6,13H2,(H,14,16). The number of hydrogen-bond donors (Lipinski definition) is 3. The molecule has 0 aliphatic carbocycles. The molecule has 1 fully saturated rings. The predicted molar refractivity (Wildman–Crippen MR) is 67.4 cm³/mol. The SMILES string of the molecule is NNc1c(F)cccc1C(=O)NC1CCSC1. The van der Waals surface area contributed by atoms with Gasteiger partial charge in [0.15, 0.2) is 0 Å². The fraction of sp³-hybridized carbons (Fsp3) is 0.364. The van der Waals surface area contributed by atoms with Gasteiger partial charge in [0, 0.05) is 11.8 Å². The minimum atomic E-state index is -0.527. The molecule has 1 amide bonds. The molecule has 1 atom stereocenters. The van der Waals surface area contributed by atoms with Gasteiger partial charge in [0.05, 0.1) is 11.3 Å². The first-order chi connectivity index (χ1) is 8.22. The number of nitrogens with one attached hydrogen (secondary N) is 2. The number of benzene rings is 1. The van der Waals surface area contributed by atoms with Gasteiger partial charge in [-0.05, 0) is 24.3 Å². The largest absolute Gasteiger partial charge is 0.348 e. The van der Waals surface area contributed by atoms with E-state index in [1.165, 1.54) is 12.1 Å². The molecule has 1 aromatic carbocycles. The van der Waals surface area contributed by atoms with Crippen molar-refractivity contribution in [3.63, 3.8) is 0 Å². The van der Waals surface area contributed by atoms with Gasteiger partial charge in [-0.25, -0.2) is 4.39 Å². The highest BCUT2D eigenvalue weighted by Gasteiger charge is 2.20. The van der Waals surface area contributed by atoms with Crippen LogP contribution in [0.5, 0.6) is 0 Å². The minimum Gasteiger partial charge on any atom is -0.348 e. The second-order valence-corrected chi connectivity index (χ2v) is 4.99. The second kappa shape index (κ2) is 5.37. The van der Waals surface area contributed by atoms with Crippen LogP contribution < -0.4 is 16.6 Å². The smallest absolute Gasteiger partial charge is 0.253 e. The monoisotopic (exact) mass is 255 g/mol. The highest BCUT2D eigenvalue weighted by molar-refractivity contribution is 7.99. The fourth-order valence-corrected chi connectivity index (χ4v) is 2.92. The molecule has 0 spiro atoms. The molecule has 2 rings (SSSR count). The van der Waals surface area contributed by atoms with Crippen LogP contribution in [0.2, 0.25) is 0 Å². The van der Waals surface area contributed by atoms with E-state index in [1.54, 1.807) is 17.8 Å². The first-order valence-electron chi connectivity index (χ1n) is 5.36. The number of halogens is 1. The zero-order valence-corrected chi connectivity index (χ0v) is 10.0. The van der Waals surface area contributed by atoms with Gasteiger partial charge in [-0.3, -0.25) is 10.6 Å². The Morgan fingerprint density at radius 3 is 3.00 bits per heavy atom. The Morgan fingerprint density at radius 2 is 2.35 bits per heavy atom. The van der Waals surface area contributed by atoms with Gasteiger partial charge < -0.3 is 10.7 Å². The van der Waals surface area contributed by atoms with Crippen molar-refractivity contribution in [1.82, 2.24) is 5.32 Å². The topological polar surface area (TPSA) is 67.1 Å². The second-order valence-electron chi connectivity index (χ2n) is 3.84. The third-order valence-electron chi connectivity index (χ3n) is 2.67. The Kier molecular flexibility index (Phi) is 3.86. The van der Waals surface area contributed by atoms with Crippen molar-refractivity contribution in [3.8, 4) is 0 Å². The van der Waals surface area contributed by atoms with Crippen LogP contribution in [0.4, 0.5) is 10.1 Å². The number of nitrogen functional groups attached to an aromatic ring is 1. The number of para-hydroxylation sites is 1. The van der Waals surface area contributed by atoms with E-state index in [0.29, 0.717) is 0 Å². The summed E-state index contributed by atoms with van der Waals surface area (Å²) in [6, 6.07) is 4.48. The average molecular weight is 255 g/mol. The normalized spacial score (nSPS) is 19.1. The summed E-state index contributed by atoms with van der Waals surface area (Å²) in [5.41, 5.74) is 2.51. The molecule has 1 aliphatic heterocycles. The summed E-state index contributed by atoms with van der Waals surface area (Å²) in [6.45, 7) is 0. The molecule has 4 nitrogen and oxygen atoms in total. The number of carbonyl (C=O) groups excluding carboxylic acids is 1. The van der Waals surface area contributed by atoms with E-state index in [4.69, 9.17) is 5.84 Å². The summed E-state index contributed by atoms with van der Waals surface area (Å²) in [5.74, 6) is 6.37. The van der Waals surface area contributed by atoms with Crippen molar-refractivity contribution in [2.45, 2.75) is 12.5 Å². The number of hydrazine groups is 1. The lowest BCUT2D eigenvalue weighted by Gasteiger charge is -2.14. The highest BCUT2D eigenvalue weighted by Crippen LogP contribution is 2.21. The highest BCUT2D eigenvalue weighted by atomic mass is 32.2. The quantitative estimate of drug-likeness (QED) is 0.563. The summed E-state index contributed by atoms with van der Waals surface area (Å²) < 4.78 is 13.4. The lowest BCUT2D eigenvalue weighted by Crippen LogP contribution is -2.35. The molecule has 0 radical (unpaired) electrons. The lowest BCUT2D eigenvalue weighted by molar-refractivity contribution is 0.0941. The van der Waals surface area contributed by atoms with Crippen LogP contribution in [0.15, 0.2) is 18.2 Å². The van der Waals surface area contributed by atoms with Crippen LogP contribution >= 0.6 is 11.8 Å². The Morgan fingerprint density at radius 1 is 1.53 bits per heavy atom. The van der Waals surface area contributed by atoms with Crippen molar-refractivity contribution in [1.29, 1.82) is 0 Å². The first kappa shape index (κ1) is 12.2. The molecule has 1 unspecified atom stereocenters. The summed E-state index contributed by atoms with van der Waals surface area (Å²) in [4.78, 5) is 12.0. The first-order valence-corrected chi connectivity index (χ1v) is 6.51. The van der Waals surface area contributed by atoms with Crippen LogP contribution in [0.3, 0.4) is 0 Å². The van der Waals surface area contributed by atoms with Crippen LogP contribution in [-0.2, 0) is 0 Å². The Labute approximate surface area is 103 Å². The Hall–Kier alpha value is -1.27. The third-order valence-corrected chi connectivity index (χ3v) is 3.83. The Bertz CT molecular complexity index is 421. The number of hydrogen-bond acceptors (Lipinski definition) is 4. The lowest BCUT2D eigenvalue weighted by atomic mass is 10.1. The average Bonchev–Trinajstić information content (AvgIpc) is 2.81. The van der Waals surface area contributed by atoms with E-state index >= 15 is 0 Å².